The maximum Gasteiger partial charge on any atom is 0.303 e. The third kappa shape index (κ3) is 4.55. The summed E-state index contributed by atoms with van der Waals surface area (Å²) in [5, 5.41) is 11.1. The Kier molecular flexibility index (Phi) is 5.32. The molecule has 0 aliphatic heterocycles. The van der Waals surface area contributed by atoms with Gasteiger partial charge in [-0.1, -0.05) is 29.8 Å². The highest BCUT2D eigenvalue weighted by Crippen LogP contribution is 2.11. The Balaban J connectivity index is 2.41. The van der Waals surface area contributed by atoms with E-state index < -0.39 is 12.0 Å². The van der Waals surface area contributed by atoms with Crippen molar-refractivity contribution in [1.82, 2.24) is 5.32 Å². The normalized spacial score (nSPS) is 11.9. The zero-order valence-corrected chi connectivity index (χ0v) is 10.3. The van der Waals surface area contributed by atoms with Gasteiger partial charge in [-0.05, 0) is 18.9 Å². The molecule has 98 valence electrons. The zero-order chi connectivity index (χ0) is 13.5. The molecule has 1 aromatic carbocycles. The van der Waals surface area contributed by atoms with Crippen molar-refractivity contribution in [2.75, 3.05) is 6.54 Å². The van der Waals surface area contributed by atoms with Crippen molar-refractivity contribution in [2.45, 2.75) is 25.8 Å². The van der Waals surface area contributed by atoms with Crippen LogP contribution in [0.25, 0.3) is 0 Å². The summed E-state index contributed by atoms with van der Waals surface area (Å²) in [5.41, 5.74) is 7.65. The first-order chi connectivity index (χ1) is 8.50. The third-order valence-corrected chi connectivity index (χ3v) is 2.59. The van der Waals surface area contributed by atoms with Crippen molar-refractivity contribution in [2.24, 2.45) is 5.73 Å². The molecule has 5 nitrogen and oxygen atoms in total. The van der Waals surface area contributed by atoms with Gasteiger partial charge in [0.2, 0.25) is 5.91 Å². The topological polar surface area (TPSA) is 92.4 Å². The standard InChI is InChI=1S/C13H18N2O3/c1-9-4-6-10(7-5-9)12(14)13(18)15-8-2-3-11(16)17/h4-7,12H,2-3,8,14H2,1H3,(H,15,18)(H,16,17). The summed E-state index contributed by atoms with van der Waals surface area (Å²) >= 11 is 0. The number of carbonyl (C=O) groups is 2. The Hall–Kier alpha value is -1.88. The molecule has 1 amide bonds. The maximum atomic E-state index is 11.7. The fourth-order valence-corrected chi connectivity index (χ4v) is 1.49. The largest absolute Gasteiger partial charge is 0.481 e. The van der Waals surface area contributed by atoms with E-state index in [9.17, 15) is 9.59 Å². The molecule has 5 heteroatoms. The lowest BCUT2D eigenvalue weighted by Gasteiger charge is -2.12. The number of nitrogens with one attached hydrogen (secondary N) is 1. The molecule has 0 bridgehead atoms. The van der Waals surface area contributed by atoms with Gasteiger partial charge in [0.25, 0.3) is 0 Å². The Morgan fingerprint density at radius 1 is 1.33 bits per heavy atom. The Morgan fingerprint density at radius 3 is 2.50 bits per heavy atom. The number of rotatable bonds is 6. The SMILES string of the molecule is Cc1ccc(C(N)C(=O)NCCCC(=O)O)cc1. The summed E-state index contributed by atoms with van der Waals surface area (Å²) in [6, 6.07) is 6.71. The number of amides is 1. The number of aliphatic carboxylic acids is 1. The van der Waals surface area contributed by atoms with Gasteiger partial charge in [0.15, 0.2) is 0 Å². The monoisotopic (exact) mass is 250 g/mol. The molecule has 1 aromatic rings. The quantitative estimate of drug-likeness (QED) is 0.656. The van der Waals surface area contributed by atoms with Crippen LogP contribution in [0.1, 0.15) is 30.0 Å². The van der Waals surface area contributed by atoms with E-state index in [4.69, 9.17) is 10.8 Å². The number of nitrogens with two attached hydrogens (primary N) is 1. The first-order valence-corrected chi connectivity index (χ1v) is 5.82. The van der Waals surface area contributed by atoms with E-state index in [-0.39, 0.29) is 12.3 Å². The zero-order valence-electron chi connectivity index (χ0n) is 10.3. The van der Waals surface area contributed by atoms with Crippen molar-refractivity contribution in [3.05, 3.63) is 35.4 Å². The van der Waals surface area contributed by atoms with E-state index in [0.29, 0.717) is 13.0 Å². The lowest BCUT2D eigenvalue weighted by Crippen LogP contribution is -2.34. The summed E-state index contributed by atoms with van der Waals surface area (Å²) in [5.74, 6) is -1.16. The fraction of sp³-hybridized carbons (Fsp3) is 0.385. The number of benzene rings is 1. The molecule has 1 atom stereocenters. The van der Waals surface area contributed by atoms with Gasteiger partial charge < -0.3 is 16.2 Å². The van der Waals surface area contributed by atoms with Crippen LogP contribution >= 0.6 is 0 Å². The van der Waals surface area contributed by atoms with E-state index in [1.54, 1.807) is 0 Å². The van der Waals surface area contributed by atoms with Crippen molar-refractivity contribution in [1.29, 1.82) is 0 Å². The van der Waals surface area contributed by atoms with E-state index >= 15 is 0 Å². The molecule has 0 heterocycles. The van der Waals surface area contributed by atoms with Crippen LogP contribution in [0.3, 0.4) is 0 Å². The molecule has 18 heavy (non-hydrogen) atoms. The minimum atomic E-state index is -0.868. The Labute approximate surface area is 106 Å². The summed E-state index contributed by atoms with van der Waals surface area (Å²) < 4.78 is 0. The van der Waals surface area contributed by atoms with Gasteiger partial charge in [0.05, 0.1) is 0 Å². The molecule has 0 aliphatic carbocycles. The summed E-state index contributed by atoms with van der Waals surface area (Å²) in [6.07, 6.45) is 0.446. The molecule has 1 rings (SSSR count). The fourth-order valence-electron chi connectivity index (χ4n) is 1.49. The predicted molar refractivity (Wildman–Crippen MR) is 68.0 cm³/mol. The van der Waals surface area contributed by atoms with Gasteiger partial charge in [-0.15, -0.1) is 0 Å². The van der Waals surface area contributed by atoms with Gasteiger partial charge in [-0.25, -0.2) is 0 Å². The van der Waals surface area contributed by atoms with E-state index in [1.807, 2.05) is 31.2 Å². The number of aryl methyl sites for hydroxylation is 1. The highest BCUT2D eigenvalue weighted by molar-refractivity contribution is 5.82. The second-order valence-electron chi connectivity index (χ2n) is 4.18. The molecular formula is C13H18N2O3. The van der Waals surface area contributed by atoms with E-state index in [2.05, 4.69) is 5.32 Å². The number of hydrogen-bond donors (Lipinski definition) is 3. The van der Waals surface area contributed by atoms with Crippen LogP contribution in [-0.4, -0.2) is 23.5 Å². The number of carboxylic acid groups (broad SMARTS) is 1. The molecular weight excluding hydrogens is 232 g/mol. The average Bonchev–Trinajstić information content (AvgIpc) is 2.34. The second-order valence-corrected chi connectivity index (χ2v) is 4.18. The molecule has 0 aliphatic rings. The van der Waals surface area contributed by atoms with Gasteiger partial charge in [0, 0.05) is 13.0 Å². The third-order valence-electron chi connectivity index (χ3n) is 2.59. The van der Waals surface area contributed by atoms with Crippen LogP contribution < -0.4 is 11.1 Å². The summed E-state index contributed by atoms with van der Waals surface area (Å²) in [7, 11) is 0. The van der Waals surface area contributed by atoms with Gasteiger partial charge >= 0.3 is 5.97 Å². The highest BCUT2D eigenvalue weighted by Gasteiger charge is 2.14. The number of carbonyl (C=O) groups excluding carboxylic acids is 1. The Morgan fingerprint density at radius 2 is 1.94 bits per heavy atom. The first kappa shape index (κ1) is 14.2. The number of hydrogen-bond acceptors (Lipinski definition) is 3. The molecule has 0 saturated heterocycles. The lowest BCUT2D eigenvalue weighted by atomic mass is 10.1. The van der Waals surface area contributed by atoms with Crippen molar-refractivity contribution >= 4 is 11.9 Å². The van der Waals surface area contributed by atoms with Gasteiger partial charge in [-0.2, -0.15) is 0 Å². The van der Waals surface area contributed by atoms with E-state index in [0.717, 1.165) is 11.1 Å². The lowest BCUT2D eigenvalue weighted by molar-refractivity contribution is -0.137. The molecule has 1 unspecified atom stereocenters. The predicted octanol–water partition coefficient (Wildman–Crippen LogP) is 0.976. The molecule has 0 spiro atoms. The van der Waals surface area contributed by atoms with Crippen LogP contribution in [-0.2, 0) is 9.59 Å². The maximum absolute atomic E-state index is 11.7. The van der Waals surface area contributed by atoms with Crippen LogP contribution in [0.2, 0.25) is 0 Å². The second kappa shape index (κ2) is 6.76. The van der Waals surface area contributed by atoms with Crippen molar-refractivity contribution in [3.63, 3.8) is 0 Å². The smallest absolute Gasteiger partial charge is 0.303 e. The van der Waals surface area contributed by atoms with Gasteiger partial charge in [-0.3, -0.25) is 9.59 Å². The van der Waals surface area contributed by atoms with Crippen LogP contribution in [0.5, 0.6) is 0 Å². The number of carboxylic acids is 1. The Bertz CT molecular complexity index is 415. The van der Waals surface area contributed by atoms with Gasteiger partial charge in [0.1, 0.15) is 6.04 Å². The van der Waals surface area contributed by atoms with E-state index in [1.165, 1.54) is 0 Å². The van der Waals surface area contributed by atoms with Crippen LogP contribution in [0.15, 0.2) is 24.3 Å². The molecule has 0 aromatic heterocycles. The minimum Gasteiger partial charge on any atom is -0.481 e. The molecule has 0 saturated carbocycles. The van der Waals surface area contributed by atoms with Crippen molar-refractivity contribution < 1.29 is 14.7 Å². The summed E-state index contributed by atoms with van der Waals surface area (Å²) in [6.45, 7) is 2.28. The van der Waals surface area contributed by atoms with Crippen LogP contribution in [0, 0.1) is 6.92 Å². The molecule has 0 radical (unpaired) electrons. The molecule has 0 fully saturated rings. The van der Waals surface area contributed by atoms with Crippen molar-refractivity contribution in [3.8, 4) is 0 Å². The van der Waals surface area contributed by atoms with Crippen LogP contribution in [0.4, 0.5) is 0 Å². The first-order valence-electron chi connectivity index (χ1n) is 5.82. The summed E-state index contributed by atoms with van der Waals surface area (Å²) in [4.78, 5) is 22.0. The molecule has 4 N–H and O–H groups in total. The highest BCUT2D eigenvalue weighted by atomic mass is 16.4. The minimum absolute atomic E-state index is 0.0417. The average molecular weight is 250 g/mol.